The van der Waals surface area contributed by atoms with Crippen molar-refractivity contribution in [1.29, 1.82) is 0 Å². The van der Waals surface area contributed by atoms with Crippen LogP contribution in [0, 0.1) is 13.8 Å². The van der Waals surface area contributed by atoms with Crippen molar-refractivity contribution < 1.29 is 4.79 Å². The predicted molar refractivity (Wildman–Crippen MR) is 110 cm³/mol. The van der Waals surface area contributed by atoms with Gasteiger partial charge in [-0.3, -0.25) is 4.79 Å². The second-order valence-electron chi connectivity index (χ2n) is 6.39. The summed E-state index contributed by atoms with van der Waals surface area (Å²) in [6.45, 7) is 3.90. The molecule has 0 fully saturated rings. The van der Waals surface area contributed by atoms with Crippen molar-refractivity contribution in [1.82, 2.24) is 14.9 Å². The number of nitrogens with zero attached hydrogens (tertiary/aromatic N) is 3. The van der Waals surface area contributed by atoms with Gasteiger partial charge in [0.2, 0.25) is 11.1 Å². The molecular weight excluding hydrogens is 426 g/mol. The smallest absolute Gasteiger partial charge is 0.240 e. The van der Waals surface area contributed by atoms with E-state index in [0.717, 1.165) is 27.1 Å². The predicted octanol–water partition coefficient (Wildman–Crippen LogP) is 4.06. The fourth-order valence-corrected chi connectivity index (χ4v) is 4.71. The highest BCUT2D eigenvalue weighted by molar-refractivity contribution is 9.10. The maximum Gasteiger partial charge on any atom is 0.240 e. The molecule has 1 amide bonds. The summed E-state index contributed by atoms with van der Waals surface area (Å²) >= 11 is 4.94. The highest BCUT2D eigenvalue weighted by atomic mass is 79.9. The number of aryl methyl sites for hydroxylation is 2. The second-order valence-corrected chi connectivity index (χ2v) is 8.36. The third-order valence-electron chi connectivity index (χ3n) is 4.40. The normalized spacial score (nSPS) is 18.5. The van der Waals surface area contributed by atoms with Gasteiger partial charge in [0.25, 0.3) is 0 Å². The van der Waals surface area contributed by atoms with Gasteiger partial charge in [0, 0.05) is 4.47 Å². The third-order valence-corrected chi connectivity index (χ3v) is 6.27. The van der Waals surface area contributed by atoms with Crippen LogP contribution in [0.4, 0.5) is 5.69 Å². The molecular formula is C19H18BrN5OS. The second kappa shape index (κ2) is 7.36. The zero-order valence-corrected chi connectivity index (χ0v) is 17.2. The Morgan fingerprint density at radius 1 is 1.19 bits per heavy atom. The van der Waals surface area contributed by atoms with Crippen LogP contribution in [0.2, 0.25) is 0 Å². The Kier molecular flexibility index (Phi) is 4.92. The molecule has 0 unspecified atom stereocenters. The van der Waals surface area contributed by atoms with Crippen LogP contribution < -0.4 is 10.7 Å². The molecule has 1 aliphatic rings. The van der Waals surface area contributed by atoms with E-state index in [1.54, 1.807) is 0 Å². The molecule has 2 atom stereocenters. The minimum absolute atomic E-state index is 0.0854. The number of rotatable bonds is 3. The van der Waals surface area contributed by atoms with Gasteiger partial charge in [-0.2, -0.15) is 0 Å². The van der Waals surface area contributed by atoms with Crippen LogP contribution in [0.5, 0.6) is 0 Å². The molecule has 0 aliphatic carbocycles. The van der Waals surface area contributed by atoms with E-state index in [9.17, 15) is 4.79 Å². The highest BCUT2D eigenvalue weighted by Gasteiger charge is 2.37. The first-order valence-corrected chi connectivity index (χ1v) is 10.2. The first-order chi connectivity index (χ1) is 13.0. The minimum atomic E-state index is -0.392. The van der Waals surface area contributed by atoms with Gasteiger partial charge in [0.1, 0.15) is 11.1 Å². The number of anilines is 1. The number of hydrogen-bond donors (Lipinski definition) is 2. The number of nitrogens with one attached hydrogen (secondary N) is 2. The lowest BCUT2D eigenvalue weighted by Crippen LogP contribution is -2.41. The summed E-state index contributed by atoms with van der Waals surface area (Å²) in [7, 11) is 0. The Balaban J connectivity index is 1.66. The molecule has 8 heteroatoms. The number of carbonyl (C=O) groups is 1. The number of thioether (sulfide) groups is 1. The van der Waals surface area contributed by atoms with E-state index in [-0.39, 0.29) is 11.9 Å². The van der Waals surface area contributed by atoms with Crippen molar-refractivity contribution in [2.45, 2.75) is 30.3 Å². The molecule has 138 valence electrons. The summed E-state index contributed by atoms with van der Waals surface area (Å²) in [5.41, 5.74) is 6.31. The quantitative estimate of drug-likeness (QED) is 0.638. The molecule has 2 N–H and O–H groups in total. The molecule has 3 aromatic rings. The average Bonchev–Trinajstić information content (AvgIpc) is 3.04. The van der Waals surface area contributed by atoms with Gasteiger partial charge in [-0.15, -0.1) is 10.2 Å². The van der Waals surface area contributed by atoms with Crippen LogP contribution in [0.15, 0.2) is 58.2 Å². The van der Waals surface area contributed by atoms with Crippen molar-refractivity contribution >= 4 is 39.3 Å². The van der Waals surface area contributed by atoms with Crippen molar-refractivity contribution in [3.05, 3.63) is 70.0 Å². The Labute approximate surface area is 169 Å². The Hall–Kier alpha value is -2.32. The van der Waals surface area contributed by atoms with E-state index < -0.39 is 5.25 Å². The highest BCUT2D eigenvalue weighted by Crippen LogP contribution is 2.37. The summed E-state index contributed by atoms with van der Waals surface area (Å²) in [4.78, 5) is 13.2. The first-order valence-electron chi connectivity index (χ1n) is 8.50. The molecule has 0 bridgehead atoms. The van der Waals surface area contributed by atoms with Crippen LogP contribution in [0.1, 0.15) is 23.0 Å². The summed E-state index contributed by atoms with van der Waals surface area (Å²) in [5, 5.41) is 11.6. The topological polar surface area (TPSA) is 71.8 Å². The van der Waals surface area contributed by atoms with Crippen molar-refractivity contribution in [2.75, 3.05) is 10.7 Å². The maximum absolute atomic E-state index is 13.2. The number of carbonyl (C=O) groups excluding carboxylic acids is 1. The fraction of sp³-hybridized carbons (Fsp3) is 0.211. The van der Waals surface area contributed by atoms with E-state index in [1.165, 1.54) is 11.8 Å². The number of amides is 1. The van der Waals surface area contributed by atoms with Gasteiger partial charge in [-0.25, -0.2) is 4.68 Å². The van der Waals surface area contributed by atoms with Gasteiger partial charge in [0.05, 0.1) is 11.7 Å². The Morgan fingerprint density at radius 3 is 2.70 bits per heavy atom. The number of halogens is 1. The molecule has 2 aromatic carbocycles. The van der Waals surface area contributed by atoms with Gasteiger partial charge < -0.3 is 10.7 Å². The van der Waals surface area contributed by atoms with Crippen LogP contribution in [0.3, 0.4) is 0 Å². The molecule has 0 spiro atoms. The van der Waals surface area contributed by atoms with Gasteiger partial charge in [-0.05, 0) is 53.0 Å². The van der Waals surface area contributed by atoms with E-state index in [4.69, 9.17) is 0 Å². The van der Waals surface area contributed by atoms with Crippen LogP contribution in [0.25, 0.3) is 0 Å². The first kappa shape index (κ1) is 18.1. The molecule has 27 heavy (non-hydrogen) atoms. The van der Waals surface area contributed by atoms with Crippen molar-refractivity contribution in [2.24, 2.45) is 0 Å². The Morgan fingerprint density at radius 2 is 1.96 bits per heavy atom. The van der Waals surface area contributed by atoms with Crippen molar-refractivity contribution in [3.8, 4) is 0 Å². The molecule has 2 heterocycles. The van der Waals surface area contributed by atoms with Crippen LogP contribution in [-0.4, -0.2) is 26.0 Å². The minimum Gasteiger partial charge on any atom is -0.324 e. The molecule has 1 aromatic heterocycles. The van der Waals surface area contributed by atoms with Crippen molar-refractivity contribution in [3.63, 3.8) is 0 Å². The van der Waals surface area contributed by atoms with Gasteiger partial charge in [0.15, 0.2) is 0 Å². The third kappa shape index (κ3) is 3.59. The zero-order valence-electron chi connectivity index (χ0n) is 14.8. The molecule has 0 saturated heterocycles. The lowest BCUT2D eigenvalue weighted by molar-refractivity contribution is -0.116. The lowest BCUT2D eigenvalue weighted by Gasteiger charge is -2.32. The lowest BCUT2D eigenvalue weighted by atomic mass is 10.0. The van der Waals surface area contributed by atoms with E-state index >= 15 is 0 Å². The number of fused-ring (bicyclic) bond motifs is 1. The van der Waals surface area contributed by atoms with Gasteiger partial charge in [-0.1, -0.05) is 48.2 Å². The van der Waals surface area contributed by atoms with E-state index in [2.05, 4.69) is 36.9 Å². The average molecular weight is 444 g/mol. The summed E-state index contributed by atoms with van der Waals surface area (Å²) in [5.74, 6) is 0.677. The summed E-state index contributed by atoms with van der Waals surface area (Å²) < 4.78 is 2.70. The Bertz CT molecular complexity index is 991. The number of aromatic nitrogens is 3. The largest absolute Gasteiger partial charge is 0.324 e. The van der Waals surface area contributed by atoms with Crippen LogP contribution >= 0.6 is 27.7 Å². The maximum atomic E-state index is 13.2. The molecule has 6 nitrogen and oxygen atoms in total. The van der Waals surface area contributed by atoms with E-state index in [0.29, 0.717) is 5.16 Å². The van der Waals surface area contributed by atoms with Crippen LogP contribution in [-0.2, 0) is 4.79 Å². The number of hydrogen-bond acceptors (Lipinski definition) is 5. The monoisotopic (exact) mass is 443 g/mol. The van der Waals surface area contributed by atoms with E-state index in [1.807, 2.05) is 67.1 Å². The molecule has 0 radical (unpaired) electrons. The molecule has 0 saturated carbocycles. The standard InChI is InChI=1S/C19H18BrN5OS/c1-11-8-9-15(14(20)10-11)21-18(26)17-16(13-6-4-3-5-7-13)24-25-12(2)22-23-19(25)27-17/h3-10,16-17,24H,1-2H3,(H,21,26)/t16-,17+/m0/s1. The molecule has 1 aliphatic heterocycles. The zero-order chi connectivity index (χ0) is 19.0. The number of benzene rings is 2. The molecule has 4 rings (SSSR count). The SMILES string of the molecule is Cc1ccc(NC(=O)[C@@H]2Sc3nnc(C)n3N[C@H]2c2ccccc2)c(Br)c1. The summed E-state index contributed by atoms with van der Waals surface area (Å²) in [6.07, 6.45) is 0. The summed E-state index contributed by atoms with van der Waals surface area (Å²) in [6, 6.07) is 15.6. The van der Waals surface area contributed by atoms with Gasteiger partial charge >= 0.3 is 0 Å². The fourth-order valence-electron chi connectivity index (χ4n) is 3.00.